The zero-order chi connectivity index (χ0) is 15.1. The number of aliphatic hydroxyl groups is 1. The van der Waals surface area contributed by atoms with Crippen LogP contribution in [0.25, 0.3) is 4.96 Å². The summed E-state index contributed by atoms with van der Waals surface area (Å²) in [6.07, 6.45) is 5.99. The lowest BCUT2D eigenvalue weighted by atomic mass is 10.1. The number of aliphatic hydroxyl groups excluding tert-OH is 1. The fourth-order valence-corrected chi connectivity index (χ4v) is 4.35. The molecule has 1 aliphatic heterocycles. The van der Waals surface area contributed by atoms with E-state index in [0.29, 0.717) is 19.6 Å². The normalized spacial score (nSPS) is 28.2. The molecule has 1 saturated carbocycles. The van der Waals surface area contributed by atoms with Crippen molar-refractivity contribution in [2.45, 2.75) is 31.4 Å². The number of nitrogens with zero attached hydrogens (tertiary/aromatic N) is 3. The summed E-state index contributed by atoms with van der Waals surface area (Å²) in [5.74, 6) is 0.365. The molecule has 3 heterocycles. The third-order valence-electron chi connectivity index (χ3n) is 4.69. The highest BCUT2D eigenvalue weighted by Gasteiger charge is 2.42. The molecule has 4 rings (SSSR count). The monoisotopic (exact) mass is 321 g/mol. The van der Waals surface area contributed by atoms with E-state index in [1.54, 1.807) is 11.3 Å². The van der Waals surface area contributed by atoms with Crippen LogP contribution < -0.4 is 0 Å². The van der Waals surface area contributed by atoms with Crippen molar-refractivity contribution in [2.75, 3.05) is 19.8 Å². The van der Waals surface area contributed by atoms with Gasteiger partial charge in [-0.15, -0.1) is 11.3 Å². The lowest BCUT2D eigenvalue weighted by molar-refractivity contribution is -0.143. The molecule has 0 aromatic carbocycles. The molecular weight excluding hydrogens is 302 g/mol. The van der Waals surface area contributed by atoms with E-state index < -0.39 is 0 Å². The Hall–Kier alpha value is -1.44. The fraction of sp³-hybridized carbons (Fsp3) is 0.600. The molecule has 2 aromatic heterocycles. The predicted octanol–water partition coefficient (Wildman–Crippen LogP) is 0.937. The van der Waals surface area contributed by atoms with Crippen LogP contribution in [0.2, 0.25) is 0 Å². The Morgan fingerprint density at radius 1 is 1.50 bits per heavy atom. The first-order chi connectivity index (χ1) is 10.7. The van der Waals surface area contributed by atoms with Crippen LogP contribution >= 0.6 is 11.3 Å². The number of hydrogen-bond donors (Lipinski definition) is 1. The number of hydrogen-bond acceptors (Lipinski definition) is 5. The summed E-state index contributed by atoms with van der Waals surface area (Å²) in [6.45, 7) is 1.40. The second-order valence-electron chi connectivity index (χ2n) is 6.09. The lowest BCUT2D eigenvalue weighted by Crippen LogP contribution is -2.51. The molecule has 118 valence electrons. The molecule has 1 aliphatic carbocycles. The molecule has 1 saturated heterocycles. The maximum absolute atomic E-state index is 12.7. The molecule has 0 bridgehead atoms. The first-order valence-electron chi connectivity index (χ1n) is 7.67. The minimum Gasteiger partial charge on any atom is -0.396 e. The van der Waals surface area contributed by atoms with Crippen LogP contribution in [0.3, 0.4) is 0 Å². The molecule has 1 unspecified atom stereocenters. The molecule has 22 heavy (non-hydrogen) atoms. The van der Waals surface area contributed by atoms with Crippen LogP contribution in [0.5, 0.6) is 0 Å². The minimum absolute atomic E-state index is 0.0836. The Kier molecular flexibility index (Phi) is 3.63. The SMILES string of the molecule is O=C(Cc1cn2ccsc2n1)N1CCOC2C[C@H](CO)C[C@@H]21. The van der Waals surface area contributed by atoms with Gasteiger partial charge in [0.25, 0.3) is 0 Å². The maximum Gasteiger partial charge on any atom is 0.229 e. The van der Waals surface area contributed by atoms with Crippen molar-refractivity contribution >= 4 is 22.2 Å². The number of imidazole rings is 1. The Morgan fingerprint density at radius 2 is 2.41 bits per heavy atom. The number of ether oxygens (including phenoxy) is 1. The van der Waals surface area contributed by atoms with Crippen molar-refractivity contribution in [2.24, 2.45) is 5.92 Å². The zero-order valence-electron chi connectivity index (χ0n) is 12.2. The standard InChI is InChI=1S/C15H19N3O3S/c19-9-10-5-12-13(6-10)21-3-1-18(12)14(20)7-11-8-17-2-4-22-15(17)16-11/h2,4,8,10,12-13,19H,1,3,5-7,9H2/t10-,12+,13?/m1/s1. The van der Waals surface area contributed by atoms with E-state index in [1.807, 2.05) is 27.1 Å². The minimum atomic E-state index is 0.0836. The van der Waals surface area contributed by atoms with Crippen LogP contribution in [0.1, 0.15) is 18.5 Å². The summed E-state index contributed by atoms with van der Waals surface area (Å²) in [5.41, 5.74) is 0.816. The van der Waals surface area contributed by atoms with Gasteiger partial charge in [0.15, 0.2) is 4.96 Å². The molecule has 2 aliphatic rings. The van der Waals surface area contributed by atoms with Crippen molar-refractivity contribution in [3.05, 3.63) is 23.5 Å². The molecule has 7 heteroatoms. The number of carbonyl (C=O) groups excluding carboxylic acids is 1. The Balaban J connectivity index is 1.48. The number of aromatic nitrogens is 2. The molecule has 0 radical (unpaired) electrons. The van der Waals surface area contributed by atoms with Gasteiger partial charge in [0, 0.05) is 30.9 Å². The summed E-state index contributed by atoms with van der Waals surface area (Å²) >= 11 is 1.57. The van der Waals surface area contributed by atoms with Crippen LogP contribution in [0.15, 0.2) is 17.8 Å². The van der Waals surface area contributed by atoms with E-state index in [0.717, 1.165) is 23.5 Å². The molecule has 3 atom stereocenters. The van der Waals surface area contributed by atoms with Gasteiger partial charge < -0.3 is 14.7 Å². The third-order valence-corrected chi connectivity index (χ3v) is 5.46. The van der Waals surface area contributed by atoms with E-state index in [1.165, 1.54) is 0 Å². The predicted molar refractivity (Wildman–Crippen MR) is 81.8 cm³/mol. The van der Waals surface area contributed by atoms with Gasteiger partial charge >= 0.3 is 0 Å². The molecular formula is C15H19N3O3S. The van der Waals surface area contributed by atoms with Crippen molar-refractivity contribution in [1.29, 1.82) is 0 Å². The first kappa shape index (κ1) is 14.2. The van der Waals surface area contributed by atoms with Crippen LogP contribution in [0.4, 0.5) is 0 Å². The van der Waals surface area contributed by atoms with Gasteiger partial charge in [-0.3, -0.25) is 9.20 Å². The van der Waals surface area contributed by atoms with E-state index in [2.05, 4.69) is 4.98 Å². The Morgan fingerprint density at radius 3 is 3.23 bits per heavy atom. The number of carbonyl (C=O) groups is 1. The van der Waals surface area contributed by atoms with E-state index in [9.17, 15) is 9.90 Å². The van der Waals surface area contributed by atoms with Crippen LogP contribution in [-0.4, -0.2) is 57.2 Å². The average molecular weight is 321 g/mol. The Bertz CT molecular complexity index is 654. The van der Waals surface area contributed by atoms with Crippen LogP contribution in [-0.2, 0) is 16.0 Å². The number of fused-ring (bicyclic) bond motifs is 2. The molecule has 6 nitrogen and oxygen atoms in total. The number of amides is 1. The van der Waals surface area contributed by atoms with E-state index >= 15 is 0 Å². The van der Waals surface area contributed by atoms with Crippen molar-refractivity contribution in [3.63, 3.8) is 0 Å². The fourth-order valence-electron chi connectivity index (χ4n) is 3.63. The second-order valence-corrected chi connectivity index (χ2v) is 6.96. The quantitative estimate of drug-likeness (QED) is 0.913. The molecule has 2 fully saturated rings. The van der Waals surface area contributed by atoms with Crippen LogP contribution in [0, 0.1) is 5.92 Å². The van der Waals surface area contributed by atoms with Gasteiger partial charge in [-0.1, -0.05) is 0 Å². The topological polar surface area (TPSA) is 67.1 Å². The second kappa shape index (κ2) is 5.64. The summed E-state index contributed by atoms with van der Waals surface area (Å²) in [5, 5.41) is 11.3. The largest absolute Gasteiger partial charge is 0.396 e. The average Bonchev–Trinajstić information content (AvgIpc) is 3.19. The van der Waals surface area contributed by atoms with Gasteiger partial charge in [-0.25, -0.2) is 4.98 Å². The summed E-state index contributed by atoms with van der Waals surface area (Å²) < 4.78 is 7.73. The summed E-state index contributed by atoms with van der Waals surface area (Å²) in [4.78, 5) is 20.0. The van der Waals surface area contributed by atoms with E-state index in [4.69, 9.17) is 4.74 Å². The molecule has 0 spiro atoms. The highest BCUT2D eigenvalue weighted by atomic mass is 32.1. The van der Waals surface area contributed by atoms with E-state index in [-0.39, 0.29) is 30.6 Å². The first-order valence-corrected chi connectivity index (χ1v) is 8.55. The number of thiazole rings is 1. The Labute approximate surface area is 132 Å². The van der Waals surface area contributed by atoms with Gasteiger partial charge in [0.05, 0.1) is 30.9 Å². The molecule has 2 aromatic rings. The maximum atomic E-state index is 12.7. The summed E-state index contributed by atoms with van der Waals surface area (Å²) in [7, 11) is 0. The van der Waals surface area contributed by atoms with Crippen molar-refractivity contribution < 1.29 is 14.6 Å². The molecule has 1 amide bonds. The van der Waals surface area contributed by atoms with Gasteiger partial charge in [-0.2, -0.15) is 0 Å². The highest BCUT2D eigenvalue weighted by Crippen LogP contribution is 2.34. The van der Waals surface area contributed by atoms with Crippen molar-refractivity contribution in [3.8, 4) is 0 Å². The lowest BCUT2D eigenvalue weighted by Gasteiger charge is -2.37. The number of rotatable bonds is 3. The van der Waals surface area contributed by atoms with Gasteiger partial charge in [0.2, 0.25) is 5.91 Å². The van der Waals surface area contributed by atoms with Gasteiger partial charge in [-0.05, 0) is 18.8 Å². The zero-order valence-corrected chi connectivity index (χ0v) is 13.0. The van der Waals surface area contributed by atoms with Crippen molar-refractivity contribution in [1.82, 2.24) is 14.3 Å². The molecule has 1 N–H and O–H groups in total. The highest BCUT2D eigenvalue weighted by molar-refractivity contribution is 7.15. The smallest absolute Gasteiger partial charge is 0.229 e. The summed E-state index contributed by atoms with van der Waals surface area (Å²) in [6, 6.07) is 0.113. The third kappa shape index (κ3) is 2.43. The number of morpholine rings is 1. The van der Waals surface area contributed by atoms with Gasteiger partial charge in [0.1, 0.15) is 0 Å².